The molecule has 1 fully saturated rings. The van der Waals surface area contributed by atoms with E-state index in [0.29, 0.717) is 17.4 Å². The highest BCUT2D eigenvalue weighted by molar-refractivity contribution is 7.94. The summed E-state index contributed by atoms with van der Waals surface area (Å²) >= 11 is 6.76. The molecule has 0 bridgehead atoms. The fourth-order valence-corrected chi connectivity index (χ4v) is 4.84. The molecular formula is C14H15ClN4O3S2. The minimum absolute atomic E-state index is 0.142. The maximum atomic E-state index is 12.2. The monoisotopic (exact) mass is 386 g/mol. The van der Waals surface area contributed by atoms with E-state index in [-0.39, 0.29) is 10.0 Å². The van der Waals surface area contributed by atoms with E-state index in [4.69, 9.17) is 11.6 Å². The third-order valence-corrected chi connectivity index (χ3v) is 6.71. The van der Waals surface area contributed by atoms with E-state index < -0.39 is 10.0 Å². The Balaban J connectivity index is 1.68. The third kappa shape index (κ3) is 3.80. The van der Waals surface area contributed by atoms with Gasteiger partial charge in [0.25, 0.3) is 10.0 Å². The number of sulfonamides is 1. The number of carbonyl (C=O) groups excluding carboxylic acids is 1. The number of nitrogens with zero attached hydrogens (tertiary/aromatic N) is 3. The second-order valence-electron chi connectivity index (χ2n) is 5.19. The molecule has 0 unspecified atom stereocenters. The molecule has 0 saturated carbocycles. The summed E-state index contributed by atoms with van der Waals surface area (Å²) in [7, 11) is -3.68. The predicted octanol–water partition coefficient (Wildman–Crippen LogP) is 1.88. The normalized spacial score (nSPS) is 15.4. The zero-order valence-corrected chi connectivity index (χ0v) is 14.9. The van der Waals surface area contributed by atoms with E-state index in [1.807, 2.05) is 6.07 Å². The minimum Gasteiger partial charge on any atom is -0.367 e. The summed E-state index contributed by atoms with van der Waals surface area (Å²) in [6.07, 6.45) is 2.47. The molecule has 1 saturated heterocycles. The van der Waals surface area contributed by atoms with Crippen LogP contribution in [0, 0.1) is 0 Å². The van der Waals surface area contributed by atoms with E-state index in [0.717, 1.165) is 36.5 Å². The van der Waals surface area contributed by atoms with Gasteiger partial charge in [0.2, 0.25) is 6.41 Å². The standard InChI is InChI=1S/C14H15ClN4O3S2/c15-12-2-4-14(23-12)24(21,22)17-13-3-1-11(9-16-13)19-7-5-18(10-20)6-8-19/h1-4,9-10H,5-8H2,(H,16,17). The quantitative estimate of drug-likeness (QED) is 0.793. The Kier molecular flexibility index (Phi) is 4.93. The van der Waals surface area contributed by atoms with Gasteiger partial charge >= 0.3 is 0 Å². The number of thiophene rings is 1. The lowest BCUT2D eigenvalue weighted by Gasteiger charge is -2.33. The number of pyridine rings is 1. The second-order valence-corrected chi connectivity index (χ2v) is 8.82. The molecule has 3 rings (SSSR count). The van der Waals surface area contributed by atoms with Crippen molar-refractivity contribution >= 4 is 50.9 Å². The van der Waals surface area contributed by atoms with Crippen molar-refractivity contribution in [1.29, 1.82) is 0 Å². The van der Waals surface area contributed by atoms with Crippen LogP contribution >= 0.6 is 22.9 Å². The zero-order chi connectivity index (χ0) is 17.2. The number of amides is 1. The molecule has 10 heteroatoms. The molecule has 2 aromatic rings. The predicted molar refractivity (Wildman–Crippen MR) is 94.2 cm³/mol. The molecule has 1 N–H and O–H groups in total. The fraction of sp³-hybridized carbons (Fsp3) is 0.286. The van der Waals surface area contributed by atoms with Crippen LogP contribution in [0.1, 0.15) is 0 Å². The number of rotatable bonds is 5. The number of nitrogens with one attached hydrogen (secondary N) is 1. The second kappa shape index (κ2) is 6.96. The van der Waals surface area contributed by atoms with Crippen LogP contribution in [0.25, 0.3) is 0 Å². The Morgan fingerprint density at radius 1 is 1.17 bits per heavy atom. The summed E-state index contributed by atoms with van der Waals surface area (Å²) in [5.74, 6) is 0.245. The number of piperazine rings is 1. The number of halogens is 1. The van der Waals surface area contributed by atoms with Gasteiger partial charge in [0.15, 0.2) is 0 Å². The van der Waals surface area contributed by atoms with Crippen molar-refractivity contribution < 1.29 is 13.2 Å². The van der Waals surface area contributed by atoms with Crippen LogP contribution in [-0.4, -0.2) is 50.9 Å². The maximum absolute atomic E-state index is 12.2. The van der Waals surface area contributed by atoms with Gasteiger partial charge in [-0.2, -0.15) is 0 Å². The van der Waals surface area contributed by atoms with Crippen molar-refractivity contribution in [3.8, 4) is 0 Å². The first kappa shape index (κ1) is 17.0. The van der Waals surface area contributed by atoms with Crippen molar-refractivity contribution in [3.05, 3.63) is 34.8 Å². The maximum Gasteiger partial charge on any atom is 0.272 e. The van der Waals surface area contributed by atoms with E-state index >= 15 is 0 Å². The molecule has 0 spiro atoms. The van der Waals surface area contributed by atoms with Gasteiger partial charge in [-0.05, 0) is 24.3 Å². The molecule has 0 aliphatic carbocycles. The van der Waals surface area contributed by atoms with Gasteiger partial charge in [0, 0.05) is 26.2 Å². The van der Waals surface area contributed by atoms with Crippen LogP contribution in [0.15, 0.2) is 34.7 Å². The lowest BCUT2D eigenvalue weighted by Crippen LogP contribution is -2.45. The van der Waals surface area contributed by atoms with Crippen molar-refractivity contribution in [2.24, 2.45) is 0 Å². The molecule has 0 radical (unpaired) electrons. The number of hydrogen-bond acceptors (Lipinski definition) is 6. The SMILES string of the molecule is O=CN1CCN(c2ccc(NS(=O)(=O)c3ccc(Cl)s3)nc2)CC1. The van der Waals surface area contributed by atoms with Crippen LogP contribution in [0.2, 0.25) is 4.34 Å². The molecule has 24 heavy (non-hydrogen) atoms. The van der Waals surface area contributed by atoms with Gasteiger partial charge in [-0.15, -0.1) is 11.3 Å². The van der Waals surface area contributed by atoms with Gasteiger partial charge < -0.3 is 9.80 Å². The van der Waals surface area contributed by atoms with Gasteiger partial charge in [-0.1, -0.05) is 11.6 Å². The number of hydrogen-bond donors (Lipinski definition) is 1. The summed E-state index contributed by atoms with van der Waals surface area (Å²) in [6, 6.07) is 6.42. The van der Waals surface area contributed by atoms with Gasteiger partial charge in [0.05, 0.1) is 16.2 Å². The van der Waals surface area contributed by atoms with Crippen molar-refractivity contribution in [2.75, 3.05) is 35.8 Å². The molecule has 1 amide bonds. The molecular weight excluding hydrogens is 372 g/mol. The van der Waals surface area contributed by atoms with Crippen LogP contribution in [0.3, 0.4) is 0 Å². The Morgan fingerprint density at radius 2 is 1.92 bits per heavy atom. The van der Waals surface area contributed by atoms with Crippen molar-refractivity contribution in [3.63, 3.8) is 0 Å². The Morgan fingerprint density at radius 3 is 2.46 bits per heavy atom. The van der Waals surface area contributed by atoms with Gasteiger partial charge in [-0.3, -0.25) is 9.52 Å². The first-order valence-corrected chi connectivity index (χ1v) is 9.84. The molecule has 3 heterocycles. The van der Waals surface area contributed by atoms with Crippen LogP contribution in [0.4, 0.5) is 11.5 Å². The number of carbonyl (C=O) groups is 1. The lowest BCUT2D eigenvalue weighted by molar-refractivity contribution is -0.118. The summed E-state index contributed by atoms with van der Waals surface area (Å²) in [5, 5.41) is 0. The van der Waals surface area contributed by atoms with E-state index in [1.54, 1.807) is 17.2 Å². The highest BCUT2D eigenvalue weighted by Gasteiger charge is 2.19. The van der Waals surface area contributed by atoms with Crippen molar-refractivity contribution in [1.82, 2.24) is 9.88 Å². The Bertz CT molecular complexity index is 815. The molecule has 1 aliphatic rings. The van der Waals surface area contributed by atoms with Gasteiger partial charge in [0.1, 0.15) is 10.0 Å². The van der Waals surface area contributed by atoms with E-state index in [1.165, 1.54) is 12.1 Å². The molecule has 128 valence electrons. The highest BCUT2D eigenvalue weighted by atomic mass is 35.5. The van der Waals surface area contributed by atoms with E-state index in [9.17, 15) is 13.2 Å². The van der Waals surface area contributed by atoms with Crippen LogP contribution < -0.4 is 9.62 Å². The first-order chi connectivity index (χ1) is 11.5. The zero-order valence-electron chi connectivity index (χ0n) is 12.6. The topological polar surface area (TPSA) is 82.6 Å². The van der Waals surface area contributed by atoms with Crippen LogP contribution in [0.5, 0.6) is 0 Å². The molecule has 0 atom stereocenters. The molecule has 1 aliphatic heterocycles. The fourth-order valence-electron chi connectivity index (χ4n) is 2.35. The smallest absolute Gasteiger partial charge is 0.272 e. The summed E-state index contributed by atoms with van der Waals surface area (Å²) < 4.78 is 27.4. The van der Waals surface area contributed by atoms with Crippen molar-refractivity contribution in [2.45, 2.75) is 4.21 Å². The summed E-state index contributed by atoms with van der Waals surface area (Å²) in [6.45, 7) is 2.77. The average molecular weight is 387 g/mol. The number of anilines is 2. The lowest BCUT2D eigenvalue weighted by atomic mass is 10.3. The van der Waals surface area contributed by atoms with E-state index in [2.05, 4.69) is 14.6 Å². The summed E-state index contributed by atoms with van der Waals surface area (Å²) in [5.41, 5.74) is 0.891. The Labute approximate surface area is 148 Å². The molecule has 7 nitrogen and oxygen atoms in total. The largest absolute Gasteiger partial charge is 0.367 e. The Hall–Kier alpha value is -1.84. The minimum atomic E-state index is -3.68. The molecule has 2 aromatic heterocycles. The average Bonchev–Trinajstić information content (AvgIpc) is 3.03. The third-order valence-electron chi connectivity index (χ3n) is 3.63. The number of aromatic nitrogens is 1. The van der Waals surface area contributed by atoms with Crippen LogP contribution in [-0.2, 0) is 14.8 Å². The highest BCUT2D eigenvalue weighted by Crippen LogP contribution is 2.27. The summed E-state index contributed by atoms with van der Waals surface area (Å²) in [4.78, 5) is 18.7. The van der Waals surface area contributed by atoms with Gasteiger partial charge in [-0.25, -0.2) is 13.4 Å². The molecule has 0 aromatic carbocycles. The first-order valence-electron chi connectivity index (χ1n) is 7.16.